The number of ketones is 1. The van der Waals surface area contributed by atoms with Crippen LogP contribution in [0.15, 0.2) is 42.5 Å². The second kappa shape index (κ2) is 6.10. The number of hydrogen-bond donors (Lipinski definition) is 3. The van der Waals surface area contributed by atoms with Crippen LogP contribution in [-0.4, -0.2) is 34.9 Å². The Hall–Kier alpha value is -3.94. The summed E-state index contributed by atoms with van der Waals surface area (Å²) >= 11 is 0. The molecule has 1 amide bonds. The summed E-state index contributed by atoms with van der Waals surface area (Å²) in [5, 5.41) is 15.9. The largest absolute Gasteiger partial charge is 0.497 e. The molecule has 0 saturated heterocycles. The van der Waals surface area contributed by atoms with Crippen LogP contribution in [0.5, 0.6) is 5.75 Å². The number of fused-ring (bicyclic) bond motifs is 3. The Morgan fingerprint density at radius 1 is 1.15 bits per heavy atom. The third kappa shape index (κ3) is 2.73. The first kappa shape index (κ1) is 16.5. The van der Waals surface area contributed by atoms with Crippen molar-refractivity contribution >= 4 is 45.6 Å². The summed E-state index contributed by atoms with van der Waals surface area (Å²) in [5.41, 5.74) is 0.983. The molecule has 0 spiro atoms. The second-order valence-corrected chi connectivity index (χ2v) is 5.89. The maximum absolute atomic E-state index is 12.1. The number of pyridine rings is 1. The standard InChI is InChI=1S/C19H13N3O5/c1-27-11-4-2-3-10(8-11)20-17-13-7-9(19(25)26)5-6-12(13)14-15(21-17)16(23)18(24)22-14/h2-8H,1H3,(H,20,21)(H,25,26)(H,22,23,24). The number of nitrogens with one attached hydrogen (secondary N) is 2. The van der Waals surface area contributed by atoms with E-state index in [0.29, 0.717) is 22.2 Å². The molecule has 3 aromatic rings. The monoisotopic (exact) mass is 363 g/mol. The summed E-state index contributed by atoms with van der Waals surface area (Å²) < 4.78 is 5.19. The van der Waals surface area contributed by atoms with E-state index in [1.165, 1.54) is 19.2 Å². The van der Waals surface area contributed by atoms with Crippen LogP contribution in [0.1, 0.15) is 20.8 Å². The first-order valence-corrected chi connectivity index (χ1v) is 7.95. The van der Waals surface area contributed by atoms with E-state index in [-0.39, 0.29) is 22.8 Å². The molecule has 8 nitrogen and oxygen atoms in total. The fourth-order valence-electron chi connectivity index (χ4n) is 2.95. The Kier molecular flexibility index (Phi) is 3.73. The van der Waals surface area contributed by atoms with E-state index in [9.17, 15) is 19.5 Å². The van der Waals surface area contributed by atoms with Crippen molar-refractivity contribution in [2.45, 2.75) is 0 Å². The molecule has 0 bridgehead atoms. The number of carboxylic acids is 1. The molecule has 1 aliphatic heterocycles. The van der Waals surface area contributed by atoms with Crippen molar-refractivity contribution < 1.29 is 24.2 Å². The quantitative estimate of drug-likeness (QED) is 0.610. The molecule has 0 unspecified atom stereocenters. The number of methoxy groups -OCH3 is 1. The molecule has 0 fully saturated rings. The number of carbonyl (C=O) groups is 3. The van der Waals surface area contributed by atoms with Crippen molar-refractivity contribution in [2.75, 3.05) is 17.7 Å². The van der Waals surface area contributed by atoms with Gasteiger partial charge < -0.3 is 20.5 Å². The van der Waals surface area contributed by atoms with Gasteiger partial charge in [-0.1, -0.05) is 12.1 Å². The van der Waals surface area contributed by atoms with E-state index < -0.39 is 17.7 Å². The van der Waals surface area contributed by atoms with Crippen molar-refractivity contribution in [2.24, 2.45) is 0 Å². The predicted molar refractivity (Wildman–Crippen MR) is 97.9 cm³/mol. The number of carbonyl (C=O) groups excluding carboxylic acids is 2. The number of aromatic nitrogens is 1. The molecule has 0 aliphatic carbocycles. The number of aromatic carboxylic acids is 1. The van der Waals surface area contributed by atoms with Gasteiger partial charge in [-0.3, -0.25) is 9.59 Å². The van der Waals surface area contributed by atoms with E-state index in [4.69, 9.17) is 4.74 Å². The Bertz CT molecular complexity index is 1140. The van der Waals surface area contributed by atoms with Crippen molar-refractivity contribution in [3.63, 3.8) is 0 Å². The van der Waals surface area contributed by atoms with E-state index in [2.05, 4.69) is 15.6 Å². The SMILES string of the molecule is COc1cccc(Nc2nc3c(c4ccc(C(=O)O)cc24)NC(=O)C3=O)c1. The summed E-state index contributed by atoms with van der Waals surface area (Å²) in [6.07, 6.45) is 0. The molecule has 1 aliphatic rings. The maximum atomic E-state index is 12.1. The van der Waals surface area contributed by atoms with Crippen LogP contribution in [0.3, 0.4) is 0 Å². The molecule has 2 heterocycles. The van der Waals surface area contributed by atoms with Crippen molar-refractivity contribution in [1.29, 1.82) is 0 Å². The average molecular weight is 363 g/mol. The smallest absolute Gasteiger partial charge is 0.335 e. The van der Waals surface area contributed by atoms with E-state index in [1.54, 1.807) is 30.3 Å². The lowest BCUT2D eigenvalue weighted by molar-refractivity contribution is -0.112. The highest BCUT2D eigenvalue weighted by Crippen LogP contribution is 2.36. The average Bonchev–Trinajstić information content (AvgIpc) is 2.96. The normalized spacial score (nSPS) is 12.6. The highest BCUT2D eigenvalue weighted by Gasteiger charge is 2.32. The van der Waals surface area contributed by atoms with Crippen molar-refractivity contribution in [1.82, 2.24) is 4.98 Å². The lowest BCUT2D eigenvalue weighted by Crippen LogP contribution is -2.13. The number of amides is 1. The van der Waals surface area contributed by atoms with Gasteiger partial charge in [-0.05, 0) is 24.3 Å². The third-order valence-corrected chi connectivity index (χ3v) is 4.24. The minimum absolute atomic E-state index is 0.000899. The zero-order chi connectivity index (χ0) is 19.1. The Labute approximate surface area is 152 Å². The molecular weight excluding hydrogens is 350 g/mol. The maximum Gasteiger partial charge on any atom is 0.335 e. The molecule has 0 radical (unpaired) electrons. The van der Waals surface area contributed by atoms with Gasteiger partial charge in [0.2, 0.25) is 0 Å². The summed E-state index contributed by atoms with van der Waals surface area (Å²) in [6.45, 7) is 0. The molecule has 1 aromatic heterocycles. The Morgan fingerprint density at radius 2 is 1.96 bits per heavy atom. The zero-order valence-electron chi connectivity index (χ0n) is 14.1. The number of rotatable bonds is 4. The van der Waals surface area contributed by atoms with Gasteiger partial charge in [0.15, 0.2) is 0 Å². The number of carboxylic acid groups (broad SMARTS) is 1. The predicted octanol–water partition coefficient (Wildman–Crippen LogP) is 2.82. The fraction of sp³-hybridized carbons (Fsp3) is 0.0526. The summed E-state index contributed by atoms with van der Waals surface area (Å²) in [5.74, 6) is -1.71. The van der Waals surface area contributed by atoms with Gasteiger partial charge in [-0.25, -0.2) is 9.78 Å². The van der Waals surface area contributed by atoms with Crippen LogP contribution in [0.4, 0.5) is 17.2 Å². The topological polar surface area (TPSA) is 118 Å². The molecule has 0 saturated carbocycles. The molecule has 4 rings (SSSR count). The first-order valence-electron chi connectivity index (χ1n) is 7.95. The van der Waals surface area contributed by atoms with Gasteiger partial charge in [0.05, 0.1) is 18.4 Å². The third-order valence-electron chi connectivity index (χ3n) is 4.24. The first-order chi connectivity index (χ1) is 13.0. The van der Waals surface area contributed by atoms with Gasteiger partial charge in [0.1, 0.15) is 17.3 Å². The van der Waals surface area contributed by atoms with Gasteiger partial charge in [0, 0.05) is 22.5 Å². The van der Waals surface area contributed by atoms with Crippen LogP contribution in [-0.2, 0) is 4.79 Å². The molecular formula is C19H13N3O5. The lowest BCUT2D eigenvalue weighted by atomic mass is 10.0. The van der Waals surface area contributed by atoms with Crippen LogP contribution in [0.25, 0.3) is 10.8 Å². The minimum atomic E-state index is -1.09. The number of benzene rings is 2. The van der Waals surface area contributed by atoms with Crippen molar-refractivity contribution in [3.05, 3.63) is 53.7 Å². The number of anilines is 3. The number of ether oxygens (including phenoxy) is 1. The Balaban J connectivity index is 1.93. The zero-order valence-corrected chi connectivity index (χ0v) is 14.1. The number of hydrogen-bond acceptors (Lipinski definition) is 6. The summed E-state index contributed by atoms with van der Waals surface area (Å²) in [4.78, 5) is 39.5. The highest BCUT2D eigenvalue weighted by molar-refractivity contribution is 6.52. The molecule has 2 aromatic carbocycles. The van der Waals surface area contributed by atoms with Crippen LogP contribution in [0, 0.1) is 0 Å². The molecule has 3 N–H and O–H groups in total. The van der Waals surface area contributed by atoms with Gasteiger partial charge in [-0.15, -0.1) is 0 Å². The van der Waals surface area contributed by atoms with Crippen molar-refractivity contribution in [3.8, 4) is 5.75 Å². The summed E-state index contributed by atoms with van der Waals surface area (Å²) in [7, 11) is 1.54. The van der Waals surface area contributed by atoms with E-state index in [1.807, 2.05) is 0 Å². The highest BCUT2D eigenvalue weighted by atomic mass is 16.5. The van der Waals surface area contributed by atoms with Gasteiger partial charge >= 0.3 is 5.97 Å². The number of nitrogens with zero attached hydrogens (tertiary/aromatic N) is 1. The van der Waals surface area contributed by atoms with Crippen LogP contribution < -0.4 is 15.4 Å². The Morgan fingerprint density at radius 3 is 2.70 bits per heavy atom. The van der Waals surface area contributed by atoms with Crippen LogP contribution >= 0.6 is 0 Å². The van der Waals surface area contributed by atoms with Gasteiger partial charge in [-0.2, -0.15) is 0 Å². The van der Waals surface area contributed by atoms with Gasteiger partial charge in [0.25, 0.3) is 11.7 Å². The molecule has 8 heteroatoms. The lowest BCUT2D eigenvalue weighted by Gasteiger charge is -2.13. The van der Waals surface area contributed by atoms with Crippen LogP contribution in [0.2, 0.25) is 0 Å². The minimum Gasteiger partial charge on any atom is -0.497 e. The molecule has 27 heavy (non-hydrogen) atoms. The van der Waals surface area contributed by atoms with E-state index in [0.717, 1.165) is 0 Å². The fourth-order valence-corrected chi connectivity index (χ4v) is 2.95. The molecule has 134 valence electrons. The molecule has 0 atom stereocenters. The van der Waals surface area contributed by atoms with E-state index >= 15 is 0 Å². The number of Topliss-reactive ketones (excluding diaryl/α,β-unsaturated/α-hetero) is 1. The summed E-state index contributed by atoms with van der Waals surface area (Å²) in [6, 6.07) is 11.5. The second-order valence-electron chi connectivity index (χ2n) is 5.89.